The van der Waals surface area contributed by atoms with Crippen molar-refractivity contribution in [3.63, 3.8) is 0 Å². The number of benzene rings is 1. The number of phenols is 1. The number of aromatic nitrogens is 2. The van der Waals surface area contributed by atoms with Crippen LogP contribution in [0.2, 0.25) is 0 Å². The summed E-state index contributed by atoms with van der Waals surface area (Å²) in [6.07, 6.45) is 0.948. The molecule has 0 spiro atoms. The number of phenolic OH excluding ortho intramolecular Hbond substituents is 1. The lowest BCUT2D eigenvalue weighted by atomic mass is 10.1. The number of thiazole rings is 1. The molecule has 0 aliphatic heterocycles. The van der Waals surface area contributed by atoms with Crippen molar-refractivity contribution in [2.45, 2.75) is 26.8 Å². The number of hydrogen-bond donors (Lipinski definition) is 2. The normalized spacial score (nSPS) is 11.3. The van der Waals surface area contributed by atoms with Gasteiger partial charge in [0.2, 0.25) is 0 Å². The van der Waals surface area contributed by atoms with Gasteiger partial charge in [0.25, 0.3) is 0 Å². The van der Waals surface area contributed by atoms with Gasteiger partial charge in [0.05, 0.1) is 11.4 Å². The summed E-state index contributed by atoms with van der Waals surface area (Å²) in [7, 11) is 0. The molecule has 1 aromatic carbocycles. The zero-order chi connectivity index (χ0) is 14.8. The van der Waals surface area contributed by atoms with Crippen LogP contribution in [0.4, 0.5) is 0 Å². The van der Waals surface area contributed by atoms with E-state index in [9.17, 15) is 5.11 Å². The first kappa shape index (κ1) is 14.1. The number of rotatable bonds is 5. The van der Waals surface area contributed by atoms with Crippen LogP contribution in [0.1, 0.15) is 22.6 Å². The number of aryl methyl sites for hydroxylation is 2. The van der Waals surface area contributed by atoms with Gasteiger partial charge in [-0.05, 0) is 44.5 Å². The van der Waals surface area contributed by atoms with Crippen LogP contribution in [0.15, 0.2) is 29.6 Å². The molecule has 21 heavy (non-hydrogen) atoms. The molecule has 0 fully saturated rings. The van der Waals surface area contributed by atoms with E-state index in [-0.39, 0.29) is 0 Å². The topological polar surface area (TPSA) is 49.6 Å². The first-order valence-corrected chi connectivity index (χ1v) is 7.94. The Bertz CT molecular complexity index is 743. The Labute approximate surface area is 128 Å². The van der Waals surface area contributed by atoms with E-state index in [0.717, 1.165) is 30.2 Å². The first-order valence-electron chi connectivity index (χ1n) is 7.06. The van der Waals surface area contributed by atoms with Crippen LogP contribution in [0, 0.1) is 13.8 Å². The third kappa shape index (κ3) is 2.94. The van der Waals surface area contributed by atoms with Crippen LogP contribution in [0.3, 0.4) is 0 Å². The van der Waals surface area contributed by atoms with Gasteiger partial charge in [0, 0.05) is 17.6 Å². The zero-order valence-electron chi connectivity index (χ0n) is 12.3. The SMILES string of the molecule is Cc1nc2scc(C)n2c1CNCCc1ccc(O)cc1. The van der Waals surface area contributed by atoms with Crippen LogP contribution in [0.25, 0.3) is 4.96 Å². The number of nitrogens with one attached hydrogen (secondary N) is 1. The lowest BCUT2D eigenvalue weighted by Gasteiger charge is -2.06. The molecule has 3 rings (SSSR count). The highest BCUT2D eigenvalue weighted by Gasteiger charge is 2.11. The molecular formula is C16H19N3OS. The van der Waals surface area contributed by atoms with Gasteiger partial charge in [-0.1, -0.05) is 12.1 Å². The van der Waals surface area contributed by atoms with Crippen molar-refractivity contribution in [1.82, 2.24) is 14.7 Å². The summed E-state index contributed by atoms with van der Waals surface area (Å²) in [4.78, 5) is 5.66. The number of aromatic hydroxyl groups is 1. The minimum absolute atomic E-state index is 0.317. The van der Waals surface area contributed by atoms with Crippen molar-refractivity contribution in [1.29, 1.82) is 0 Å². The van der Waals surface area contributed by atoms with Crippen molar-refractivity contribution in [3.8, 4) is 5.75 Å². The monoisotopic (exact) mass is 301 g/mol. The third-order valence-corrected chi connectivity index (χ3v) is 4.59. The minimum atomic E-state index is 0.317. The summed E-state index contributed by atoms with van der Waals surface area (Å²) in [5, 5.41) is 14.9. The Balaban J connectivity index is 1.60. The highest BCUT2D eigenvalue weighted by molar-refractivity contribution is 7.15. The number of imidazole rings is 1. The summed E-state index contributed by atoms with van der Waals surface area (Å²) in [6, 6.07) is 7.38. The average molecular weight is 301 g/mol. The highest BCUT2D eigenvalue weighted by Crippen LogP contribution is 2.20. The molecule has 0 aliphatic carbocycles. The van der Waals surface area contributed by atoms with Crippen molar-refractivity contribution >= 4 is 16.3 Å². The second kappa shape index (κ2) is 5.87. The maximum Gasteiger partial charge on any atom is 0.194 e. The first-order chi connectivity index (χ1) is 10.1. The maximum absolute atomic E-state index is 9.27. The van der Waals surface area contributed by atoms with Gasteiger partial charge in [0.1, 0.15) is 5.75 Å². The van der Waals surface area contributed by atoms with Crippen molar-refractivity contribution in [2.75, 3.05) is 6.54 Å². The molecular weight excluding hydrogens is 282 g/mol. The molecule has 0 unspecified atom stereocenters. The molecule has 2 aromatic heterocycles. The third-order valence-electron chi connectivity index (χ3n) is 3.65. The van der Waals surface area contributed by atoms with Gasteiger partial charge in [-0.25, -0.2) is 4.98 Å². The van der Waals surface area contributed by atoms with E-state index in [2.05, 4.69) is 33.9 Å². The Morgan fingerprint density at radius 2 is 2.00 bits per heavy atom. The predicted molar refractivity (Wildman–Crippen MR) is 86.1 cm³/mol. The van der Waals surface area contributed by atoms with Crippen molar-refractivity contribution < 1.29 is 5.11 Å². The van der Waals surface area contributed by atoms with Crippen LogP contribution in [0.5, 0.6) is 5.75 Å². The zero-order valence-corrected chi connectivity index (χ0v) is 13.1. The maximum atomic E-state index is 9.27. The predicted octanol–water partition coefficient (Wildman–Crippen LogP) is 3.05. The van der Waals surface area contributed by atoms with Gasteiger partial charge < -0.3 is 10.4 Å². The van der Waals surface area contributed by atoms with E-state index in [1.165, 1.54) is 17.0 Å². The Morgan fingerprint density at radius 3 is 2.76 bits per heavy atom. The fourth-order valence-corrected chi connectivity index (χ4v) is 3.41. The quantitative estimate of drug-likeness (QED) is 0.712. The lowest BCUT2D eigenvalue weighted by Crippen LogP contribution is -2.18. The number of nitrogens with zero attached hydrogens (tertiary/aromatic N) is 2. The smallest absolute Gasteiger partial charge is 0.194 e. The largest absolute Gasteiger partial charge is 0.508 e. The van der Waals surface area contributed by atoms with E-state index in [4.69, 9.17) is 0 Å². The van der Waals surface area contributed by atoms with Crippen LogP contribution >= 0.6 is 11.3 Å². The fraction of sp³-hybridized carbons (Fsp3) is 0.312. The summed E-state index contributed by atoms with van der Waals surface area (Å²) >= 11 is 1.69. The van der Waals surface area contributed by atoms with Gasteiger partial charge in [-0.3, -0.25) is 4.40 Å². The van der Waals surface area contributed by atoms with Gasteiger partial charge in [-0.15, -0.1) is 11.3 Å². The lowest BCUT2D eigenvalue weighted by molar-refractivity contribution is 0.475. The van der Waals surface area contributed by atoms with E-state index in [1.54, 1.807) is 23.5 Å². The van der Waals surface area contributed by atoms with Gasteiger partial charge >= 0.3 is 0 Å². The van der Waals surface area contributed by atoms with Crippen molar-refractivity contribution in [2.24, 2.45) is 0 Å². The Morgan fingerprint density at radius 1 is 1.24 bits per heavy atom. The Kier molecular flexibility index (Phi) is 3.94. The highest BCUT2D eigenvalue weighted by atomic mass is 32.1. The summed E-state index contributed by atoms with van der Waals surface area (Å²) < 4.78 is 2.23. The number of hydrogen-bond acceptors (Lipinski definition) is 4. The summed E-state index contributed by atoms with van der Waals surface area (Å²) in [5.74, 6) is 0.317. The second-order valence-corrected chi connectivity index (χ2v) is 6.07. The molecule has 0 bridgehead atoms. The van der Waals surface area contributed by atoms with E-state index in [0.29, 0.717) is 5.75 Å². The Hall–Kier alpha value is -1.85. The minimum Gasteiger partial charge on any atom is -0.508 e. The number of fused-ring (bicyclic) bond motifs is 1. The fourth-order valence-electron chi connectivity index (χ4n) is 2.48. The molecule has 2 heterocycles. The molecule has 0 aliphatic rings. The van der Waals surface area contributed by atoms with Crippen LogP contribution < -0.4 is 5.32 Å². The summed E-state index contributed by atoms with van der Waals surface area (Å²) in [6.45, 7) is 5.91. The molecule has 110 valence electrons. The van der Waals surface area contributed by atoms with E-state index >= 15 is 0 Å². The van der Waals surface area contributed by atoms with Crippen LogP contribution in [-0.4, -0.2) is 21.0 Å². The molecule has 2 N–H and O–H groups in total. The second-order valence-electron chi connectivity index (χ2n) is 5.23. The average Bonchev–Trinajstić information content (AvgIpc) is 2.97. The molecule has 0 saturated heterocycles. The van der Waals surface area contributed by atoms with E-state index in [1.807, 2.05) is 12.1 Å². The van der Waals surface area contributed by atoms with Gasteiger partial charge in [0.15, 0.2) is 4.96 Å². The van der Waals surface area contributed by atoms with E-state index < -0.39 is 0 Å². The molecule has 0 atom stereocenters. The standard InChI is InChI=1S/C16H19N3OS/c1-11-10-21-16-18-12(2)15(19(11)16)9-17-8-7-13-3-5-14(20)6-4-13/h3-6,10,17,20H,7-9H2,1-2H3. The van der Waals surface area contributed by atoms with Crippen molar-refractivity contribution in [3.05, 3.63) is 52.3 Å². The molecule has 0 amide bonds. The summed E-state index contributed by atoms with van der Waals surface area (Å²) in [5.41, 5.74) is 4.81. The molecule has 3 aromatic rings. The molecule has 0 saturated carbocycles. The van der Waals surface area contributed by atoms with Gasteiger partial charge in [-0.2, -0.15) is 0 Å². The van der Waals surface area contributed by atoms with Crippen LogP contribution in [-0.2, 0) is 13.0 Å². The molecule has 0 radical (unpaired) electrons. The molecule has 4 nitrogen and oxygen atoms in total. The molecule has 5 heteroatoms.